The van der Waals surface area contributed by atoms with E-state index in [1.807, 2.05) is 0 Å². The summed E-state index contributed by atoms with van der Waals surface area (Å²) in [7, 11) is 0. The molecule has 1 heterocycles. The highest BCUT2D eigenvalue weighted by atomic mass is 17.4. The number of hydrogen-bond acceptors (Lipinski definition) is 6. The van der Waals surface area contributed by atoms with Crippen LogP contribution >= 0.6 is 0 Å². The fourth-order valence-corrected chi connectivity index (χ4v) is 1.80. The minimum Gasteiger partial charge on any atom is -0.247 e. The maximum Gasteiger partial charge on any atom is 0.420 e. The van der Waals surface area contributed by atoms with Crippen molar-refractivity contribution in [3.05, 3.63) is 0 Å². The van der Waals surface area contributed by atoms with E-state index >= 15 is 0 Å². The number of carbonyl (C=O) groups excluding carboxylic acids is 2. The monoisotopic (exact) mass is 288 g/mol. The van der Waals surface area contributed by atoms with Crippen LogP contribution < -0.4 is 0 Å². The Balaban J connectivity index is 2.14. The highest BCUT2D eigenvalue weighted by Crippen LogP contribution is 2.36. The van der Waals surface area contributed by atoms with E-state index < -0.39 is 17.7 Å². The van der Waals surface area contributed by atoms with E-state index in [1.165, 1.54) is 0 Å². The van der Waals surface area contributed by atoms with Gasteiger partial charge in [-0.2, -0.15) is 9.78 Å². The van der Waals surface area contributed by atoms with Gasteiger partial charge in [-0.1, -0.05) is 46.0 Å². The third kappa shape index (κ3) is 5.88. The van der Waals surface area contributed by atoms with Crippen LogP contribution in [0.15, 0.2) is 0 Å². The molecular weight excluding hydrogens is 264 g/mol. The molecule has 1 fully saturated rings. The lowest BCUT2D eigenvalue weighted by molar-refractivity contribution is -0.264. The second-order valence-electron chi connectivity index (χ2n) is 5.01. The van der Waals surface area contributed by atoms with Crippen molar-refractivity contribution >= 4 is 11.9 Å². The zero-order valence-corrected chi connectivity index (χ0v) is 12.3. The van der Waals surface area contributed by atoms with Gasteiger partial charge in [0.2, 0.25) is 0 Å². The summed E-state index contributed by atoms with van der Waals surface area (Å²) in [6.45, 7) is 4.15. The quantitative estimate of drug-likeness (QED) is 0.266. The van der Waals surface area contributed by atoms with Crippen LogP contribution in [0.4, 0.5) is 0 Å². The van der Waals surface area contributed by atoms with Gasteiger partial charge in [0.1, 0.15) is 0 Å². The molecule has 1 aliphatic heterocycles. The van der Waals surface area contributed by atoms with Gasteiger partial charge in [0.25, 0.3) is 0 Å². The number of hydrogen-bond donors (Lipinski definition) is 0. The Morgan fingerprint density at radius 3 is 2.15 bits per heavy atom. The smallest absolute Gasteiger partial charge is 0.247 e. The molecule has 0 aromatic rings. The predicted molar refractivity (Wildman–Crippen MR) is 70.0 cm³/mol. The molecule has 0 bridgehead atoms. The largest absolute Gasteiger partial charge is 0.420 e. The van der Waals surface area contributed by atoms with Gasteiger partial charge in [-0.15, -0.1) is 0 Å². The Kier molecular flexibility index (Phi) is 7.54. The molecule has 1 rings (SSSR count). The van der Waals surface area contributed by atoms with E-state index in [0.29, 0.717) is 6.42 Å². The van der Waals surface area contributed by atoms with Gasteiger partial charge in [0.15, 0.2) is 0 Å². The zero-order chi connectivity index (χ0) is 14.8. The molecule has 0 spiro atoms. The summed E-state index contributed by atoms with van der Waals surface area (Å²) < 4.78 is 0. The molecule has 0 aliphatic carbocycles. The van der Waals surface area contributed by atoms with E-state index in [0.717, 1.165) is 44.9 Å². The first-order valence-electron chi connectivity index (χ1n) is 7.43. The van der Waals surface area contributed by atoms with Crippen molar-refractivity contribution in [3.63, 3.8) is 0 Å². The highest BCUT2D eigenvalue weighted by Gasteiger charge is 2.59. The predicted octanol–water partition coefficient (Wildman–Crippen LogP) is 3.20. The minimum absolute atomic E-state index is 0.248. The van der Waals surface area contributed by atoms with E-state index in [1.54, 1.807) is 0 Å². The van der Waals surface area contributed by atoms with E-state index in [9.17, 15) is 9.59 Å². The second kappa shape index (κ2) is 8.92. The summed E-state index contributed by atoms with van der Waals surface area (Å²) in [5, 5.41) is 0. The molecule has 20 heavy (non-hydrogen) atoms. The number of rotatable bonds is 10. The average Bonchev–Trinajstić information content (AvgIpc) is 3.22. The van der Waals surface area contributed by atoms with Crippen molar-refractivity contribution in [2.75, 3.05) is 0 Å². The molecule has 0 saturated carbocycles. The third-order valence-electron chi connectivity index (χ3n) is 3.15. The standard InChI is InChI=1S/C14H24O6/c1-3-5-7-8-10-12(15)17-18-13(16)14(19-20-14)11-9-6-4-2/h3-11H2,1-2H3. The van der Waals surface area contributed by atoms with Crippen molar-refractivity contribution in [1.82, 2.24) is 0 Å². The lowest BCUT2D eigenvalue weighted by Gasteiger charge is -2.06. The van der Waals surface area contributed by atoms with Crippen molar-refractivity contribution < 1.29 is 29.1 Å². The molecule has 0 amide bonds. The van der Waals surface area contributed by atoms with Crippen LogP contribution in [-0.4, -0.2) is 17.7 Å². The van der Waals surface area contributed by atoms with Crippen LogP contribution in [-0.2, 0) is 29.1 Å². The summed E-state index contributed by atoms with van der Waals surface area (Å²) >= 11 is 0. The molecule has 0 aromatic heterocycles. The Bertz CT molecular complexity index is 311. The van der Waals surface area contributed by atoms with Gasteiger partial charge in [0.05, 0.1) is 6.42 Å². The third-order valence-corrected chi connectivity index (χ3v) is 3.15. The summed E-state index contributed by atoms with van der Waals surface area (Å²) in [5.74, 6) is -2.69. The van der Waals surface area contributed by atoms with Crippen LogP contribution in [0.3, 0.4) is 0 Å². The molecule has 1 aliphatic rings. The van der Waals surface area contributed by atoms with Crippen LogP contribution in [0, 0.1) is 0 Å². The van der Waals surface area contributed by atoms with Crippen molar-refractivity contribution in [2.24, 2.45) is 0 Å². The van der Waals surface area contributed by atoms with Gasteiger partial charge >= 0.3 is 17.7 Å². The summed E-state index contributed by atoms with van der Waals surface area (Å²) in [5.41, 5.74) is 0. The number of carbonyl (C=O) groups is 2. The van der Waals surface area contributed by atoms with Crippen LogP contribution in [0.25, 0.3) is 0 Å². The SMILES string of the molecule is CCCCCCC(=O)OOC(=O)C1(CCCCC)OO1. The van der Waals surface area contributed by atoms with Crippen LogP contribution in [0.1, 0.15) is 71.6 Å². The Morgan fingerprint density at radius 2 is 1.55 bits per heavy atom. The molecule has 0 N–H and O–H groups in total. The molecule has 0 radical (unpaired) electrons. The second-order valence-corrected chi connectivity index (χ2v) is 5.01. The average molecular weight is 288 g/mol. The molecule has 0 unspecified atom stereocenters. The first-order valence-corrected chi connectivity index (χ1v) is 7.43. The summed E-state index contributed by atoms with van der Waals surface area (Å²) in [4.78, 5) is 41.3. The fourth-order valence-electron chi connectivity index (χ4n) is 1.80. The van der Waals surface area contributed by atoms with E-state index in [2.05, 4.69) is 33.4 Å². The van der Waals surface area contributed by atoms with Crippen molar-refractivity contribution in [3.8, 4) is 0 Å². The van der Waals surface area contributed by atoms with Gasteiger partial charge in [-0.05, 0) is 12.8 Å². The minimum atomic E-state index is -1.35. The molecule has 0 aromatic carbocycles. The molecule has 1 saturated heterocycles. The fraction of sp³-hybridized carbons (Fsp3) is 0.857. The maximum absolute atomic E-state index is 11.7. The topological polar surface area (TPSA) is 77.7 Å². The number of unbranched alkanes of at least 4 members (excludes halogenated alkanes) is 5. The maximum atomic E-state index is 11.7. The lowest BCUT2D eigenvalue weighted by atomic mass is 10.1. The van der Waals surface area contributed by atoms with Crippen molar-refractivity contribution in [2.45, 2.75) is 77.4 Å². The lowest BCUT2D eigenvalue weighted by Crippen LogP contribution is -2.27. The first-order chi connectivity index (χ1) is 9.64. The first kappa shape index (κ1) is 16.9. The normalized spacial score (nSPS) is 15.7. The summed E-state index contributed by atoms with van der Waals surface area (Å²) in [6, 6.07) is 0. The summed E-state index contributed by atoms with van der Waals surface area (Å²) in [6.07, 6.45) is 7.32. The van der Waals surface area contributed by atoms with Crippen LogP contribution in [0.5, 0.6) is 0 Å². The molecule has 116 valence electrons. The Hall–Kier alpha value is -1.14. The van der Waals surface area contributed by atoms with Gasteiger partial charge < -0.3 is 0 Å². The van der Waals surface area contributed by atoms with E-state index in [4.69, 9.17) is 0 Å². The van der Waals surface area contributed by atoms with Gasteiger partial charge in [0, 0.05) is 6.42 Å². The molecular formula is C14H24O6. The highest BCUT2D eigenvalue weighted by molar-refractivity contribution is 5.79. The van der Waals surface area contributed by atoms with Gasteiger partial charge in [-0.3, -0.25) is 0 Å². The van der Waals surface area contributed by atoms with Crippen LogP contribution in [0.2, 0.25) is 0 Å². The molecule has 6 heteroatoms. The van der Waals surface area contributed by atoms with Gasteiger partial charge in [-0.25, -0.2) is 19.4 Å². The zero-order valence-electron chi connectivity index (χ0n) is 12.3. The Morgan fingerprint density at radius 1 is 0.900 bits per heavy atom. The Labute approximate surface area is 119 Å². The molecule has 6 nitrogen and oxygen atoms in total. The van der Waals surface area contributed by atoms with E-state index in [-0.39, 0.29) is 6.42 Å². The molecule has 0 atom stereocenters. The van der Waals surface area contributed by atoms with Crippen molar-refractivity contribution in [1.29, 1.82) is 0 Å².